The Morgan fingerprint density at radius 3 is 2.36 bits per heavy atom. The Morgan fingerprint density at radius 2 is 1.70 bits per heavy atom. The van der Waals surface area contributed by atoms with Gasteiger partial charge in [0.1, 0.15) is 11.6 Å². The fourth-order valence-electron chi connectivity index (χ4n) is 6.05. The third-order valence-corrected chi connectivity index (χ3v) is 10.6. The number of aromatic nitrogens is 1. The van der Waals surface area contributed by atoms with E-state index in [4.69, 9.17) is 21.1 Å². The Morgan fingerprint density at radius 1 is 1.00 bits per heavy atom. The molecule has 1 atom stereocenters. The molecule has 1 N–H and O–H groups in total. The lowest BCUT2D eigenvalue weighted by atomic mass is 9.83. The first-order chi connectivity index (χ1) is 22.6. The number of piperazine rings is 1. The van der Waals surface area contributed by atoms with Gasteiger partial charge in [-0.1, -0.05) is 23.7 Å². The van der Waals surface area contributed by atoms with Gasteiger partial charge >= 0.3 is 0 Å². The summed E-state index contributed by atoms with van der Waals surface area (Å²) in [6.45, 7) is 5.87. The fourth-order valence-corrected chi connectivity index (χ4v) is 7.67. The number of pyridine rings is 1. The van der Waals surface area contributed by atoms with Crippen molar-refractivity contribution in [3.63, 3.8) is 0 Å². The van der Waals surface area contributed by atoms with Gasteiger partial charge in [0.15, 0.2) is 5.54 Å². The van der Waals surface area contributed by atoms with Crippen LogP contribution in [0.1, 0.15) is 23.6 Å². The highest BCUT2D eigenvalue weighted by molar-refractivity contribution is 7.93. The number of sulfonamides is 1. The molecule has 1 unspecified atom stereocenters. The normalized spacial score (nSPS) is 18.4. The summed E-state index contributed by atoms with van der Waals surface area (Å²) in [4.78, 5) is 23.7. The topological polar surface area (TPSA) is 104 Å². The monoisotopic (exact) mass is 679 g/mol. The number of methoxy groups -OCH3 is 1. The molecule has 3 heterocycles. The van der Waals surface area contributed by atoms with Crippen LogP contribution >= 0.6 is 11.6 Å². The van der Waals surface area contributed by atoms with Crippen molar-refractivity contribution in [3.8, 4) is 11.6 Å². The average molecular weight is 680 g/mol. The van der Waals surface area contributed by atoms with Crippen molar-refractivity contribution >= 4 is 38.9 Å². The summed E-state index contributed by atoms with van der Waals surface area (Å²) in [6.07, 6.45) is 1.51. The summed E-state index contributed by atoms with van der Waals surface area (Å²) in [5, 5.41) is 2.99. The summed E-state index contributed by atoms with van der Waals surface area (Å²) in [6, 6.07) is 19.1. The number of hydrogen-bond acceptors (Lipinski definition) is 9. The van der Waals surface area contributed by atoms with Gasteiger partial charge in [-0.3, -0.25) is 10.1 Å². The van der Waals surface area contributed by atoms with Crippen LogP contribution in [0.3, 0.4) is 0 Å². The van der Waals surface area contributed by atoms with Crippen LogP contribution in [-0.2, 0) is 26.9 Å². The van der Waals surface area contributed by atoms with E-state index in [1.807, 2.05) is 24.3 Å². The summed E-state index contributed by atoms with van der Waals surface area (Å²) >= 11 is 6.23. The van der Waals surface area contributed by atoms with Gasteiger partial charge in [0.2, 0.25) is 5.88 Å². The Kier molecular flexibility index (Phi) is 9.12. The molecule has 0 spiro atoms. The molecule has 0 saturated carbocycles. The number of amides is 1. The minimum atomic E-state index is -4.53. The molecule has 6 rings (SSSR count). The predicted molar refractivity (Wildman–Crippen MR) is 178 cm³/mol. The molecule has 2 aliphatic rings. The van der Waals surface area contributed by atoms with Gasteiger partial charge in [0.05, 0.1) is 29.3 Å². The molecule has 3 aromatic carbocycles. The van der Waals surface area contributed by atoms with Crippen molar-refractivity contribution in [2.24, 2.45) is 0 Å². The van der Waals surface area contributed by atoms with Crippen LogP contribution in [0.2, 0.25) is 5.02 Å². The number of anilines is 2. The number of likely N-dealkylation sites (N-methyl/N-ethyl adjacent to an activating group) is 1. The zero-order valence-corrected chi connectivity index (χ0v) is 27.8. The first kappa shape index (κ1) is 32.7. The minimum absolute atomic E-state index is 0.0597. The second-order valence-corrected chi connectivity index (χ2v) is 13.6. The molecule has 246 valence electrons. The first-order valence-electron chi connectivity index (χ1n) is 15.2. The minimum Gasteiger partial charge on any atom is -0.497 e. The number of halogens is 2. The molecule has 13 heteroatoms. The van der Waals surface area contributed by atoms with Crippen LogP contribution in [-0.4, -0.2) is 71.2 Å². The van der Waals surface area contributed by atoms with Crippen molar-refractivity contribution < 1.29 is 27.1 Å². The highest BCUT2D eigenvalue weighted by atomic mass is 35.5. The van der Waals surface area contributed by atoms with Gasteiger partial charge in [0.25, 0.3) is 15.9 Å². The number of benzene rings is 3. The lowest BCUT2D eigenvalue weighted by molar-refractivity contribution is -0.121. The van der Waals surface area contributed by atoms with Crippen LogP contribution in [0.25, 0.3) is 0 Å². The number of hydrogen-bond donors (Lipinski definition) is 1. The molecule has 0 radical (unpaired) electrons. The molecular weight excluding hydrogens is 645 g/mol. The van der Waals surface area contributed by atoms with E-state index in [0.29, 0.717) is 10.1 Å². The van der Waals surface area contributed by atoms with Crippen LogP contribution in [0.15, 0.2) is 83.9 Å². The molecule has 2 aliphatic heterocycles. The van der Waals surface area contributed by atoms with Crippen LogP contribution in [0.4, 0.5) is 15.8 Å². The molecule has 10 nitrogen and oxygen atoms in total. The van der Waals surface area contributed by atoms with Crippen molar-refractivity contribution in [1.29, 1.82) is 0 Å². The molecule has 1 aromatic heterocycles. The van der Waals surface area contributed by atoms with E-state index in [2.05, 4.69) is 27.1 Å². The van der Waals surface area contributed by atoms with Gasteiger partial charge in [-0.15, -0.1) is 0 Å². The van der Waals surface area contributed by atoms with Gasteiger partial charge in [-0.05, 0) is 80.2 Å². The lowest BCUT2D eigenvalue weighted by Crippen LogP contribution is -2.52. The van der Waals surface area contributed by atoms with Crippen LogP contribution in [0, 0.1) is 5.82 Å². The molecule has 1 saturated heterocycles. The van der Waals surface area contributed by atoms with Gasteiger partial charge in [-0.2, -0.15) is 0 Å². The Balaban J connectivity index is 1.47. The summed E-state index contributed by atoms with van der Waals surface area (Å²) in [5.41, 5.74) is 0.194. The van der Waals surface area contributed by atoms with E-state index in [1.165, 1.54) is 37.6 Å². The molecule has 4 aromatic rings. The van der Waals surface area contributed by atoms with E-state index >= 15 is 4.39 Å². The maximum absolute atomic E-state index is 15.3. The molecule has 0 bridgehead atoms. The number of rotatable bonds is 10. The quantitative estimate of drug-likeness (QED) is 0.253. The lowest BCUT2D eigenvalue weighted by Gasteiger charge is -2.34. The summed E-state index contributed by atoms with van der Waals surface area (Å²) < 4.78 is 55.6. The SMILES string of the molecule is CCOc1ncccc1C1(NCc2ccc(N3CCN(C)CC3)cc2)C(=O)N(S(=O)(=O)c2ccc(OC)cc2)c2cc(Cl)c(F)cc21. The summed E-state index contributed by atoms with van der Waals surface area (Å²) in [7, 11) is -0.962. The van der Waals surface area contributed by atoms with Crippen LogP contribution < -0.4 is 24.0 Å². The number of fused-ring (bicyclic) bond motifs is 1. The number of nitrogens with one attached hydrogen (secondary N) is 1. The van der Waals surface area contributed by atoms with Crippen molar-refractivity contribution in [2.75, 3.05) is 56.1 Å². The van der Waals surface area contributed by atoms with E-state index in [-0.39, 0.29) is 45.8 Å². The van der Waals surface area contributed by atoms with Gasteiger partial charge in [-0.25, -0.2) is 22.1 Å². The highest BCUT2D eigenvalue weighted by Gasteiger charge is 2.57. The molecule has 0 aliphatic carbocycles. The highest BCUT2D eigenvalue weighted by Crippen LogP contribution is 2.50. The van der Waals surface area contributed by atoms with E-state index in [9.17, 15) is 13.2 Å². The smallest absolute Gasteiger partial charge is 0.270 e. The van der Waals surface area contributed by atoms with Crippen molar-refractivity contribution in [3.05, 3.63) is 107 Å². The molecule has 47 heavy (non-hydrogen) atoms. The largest absolute Gasteiger partial charge is 0.497 e. The number of ether oxygens (including phenoxy) is 2. The van der Waals surface area contributed by atoms with Crippen molar-refractivity contribution in [2.45, 2.75) is 23.9 Å². The van der Waals surface area contributed by atoms with E-state index in [0.717, 1.165) is 49.6 Å². The maximum Gasteiger partial charge on any atom is 0.270 e. The Bertz CT molecular complexity index is 1890. The molecule has 1 amide bonds. The van der Waals surface area contributed by atoms with Crippen molar-refractivity contribution in [1.82, 2.24) is 15.2 Å². The molecule has 1 fully saturated rings. The number of carbonyl (C=O) groups excluding carboxylic acids is 1. The standard InChI is InChI=1S/C34H35ClFN5O5S/c1-4-46-32-27(6-5-15-37-32)34(38-22-23-7-9-24(10-8-23)40-18-16-39(2)17-19-40)28-20-30(36)29(35)21-31(28)41(33(34)42)47(43,44)26-13-11-25(45-3)12-14-26/h5-15,20-21,38H,4,16-19,22H2,1-3H3. The zero-order valence-electron chi connectivity index (χ0n) is 26.2. The van der Waals surface area contributed by atoms with E-state index < -0.39 is 27.3 Å². The maximum atomic E-state index is 15.3. The fraction of sp³-hybridized carbons (Fsp3) is 0.294. The second kappa shape index (κ2) is 13.1. The third kappa shape index (κ3) is 5.91. The van der Waals surface area contributed by atoms with Gasteiger partial charge < -0.3 is 19.3 Å². The third-order valence-electron chi connectivity index (χ3n) is 8.58. The molecular formula is C34H35ClFN5O5S. The summed E-state index contributed by atoms with van der Waals surface area (Å²) in [5.74, 6) is -1.15. The number of carbonyl (C=O) groups is 1. The zero-order chi connectivity index (χ0) is 33.3. The number of nitrogens with zero attached hydrogens (tertiary/aromatic N) is 4. The van der Waals surface area contributed by atoms with Gasteiger partial charge in [0, 0.05) is 55.7 Å². The first-order valence-corrected chi connectivity index (χ1v) is 17.0. The average Bonchev–Trinajstić information content (AvgIpc) is 3.32. The Hall–Kier alpha value is -4.23. The van der Waals surface area contributed by atoms with E-state index in [1.54, 1.807) is 19.1 Å². The Labute approximate surface area is 278 Å². The second-order valence-electron chi connectivity index (χ2n) is 11.4. The van der Waals surface area contributed by atoms with Crippen LogP contribution in [0.5, 0.6) is 11.6 Å². The predicted octanol–water partition coefficient (Wildman–Crippen LogP) is 4.80.